The van der Waals surface area contributed by atoms with Crippen LogP contribution in [0.25, 0.3) is 0 Å². The van der Waals surface area contributed by atoms with Gasteiger partial charge in [0.25, 0.3) is 11.8 Å². The van der Waals surface area contributed by atoms with Gasteiger partial charge in [-0.2, -0.15) is 0 Å². The second-order valence-electron chi connectivity index (χ2n) is 14.4. The Morgan fingerprint density at radius 1 is 0.860 bits per heavy atom. The number of carbonyl (C=O) groups is 4. The normalized spacial score (nSPS) is 16.0. The van der Waals surface area contributed by atoms with Crippen LogP contribution in [0.5, 0.6) is 11.5 Å². The highest BCUT2D eigenvalue weighted by Gasteiger charge is 2.31. The number of amides is 5. The van der Waals surface area contributed by atoms with E-state index in [9.17, 15) is 19.2 Å². The van der Waals surface area contributed by atoms with Crippen molar-refractivity contribution in [2.45, 2.75) is 58.3 Å². The van der Waals surface area contributed by atoms with Crippen molar-refractivity contribution in [1.29, 1.82) is 0 Å². The van der Waals surface area contributed by atoms with Crippen LogP contribution in [0.4, 0.5) is 16.2 Å². The second kappa shape index (κ2) is 19.6. The number of nitrogens with one attached hydrogen (secondary N) is 4. The summed E-state index contributed by atoms with van der Waals surface area (Å²) in [6.45, 7) is 7.19. The van der Waals surface area contributed by atoms with Gasteiger partial charge in [-0.3, -0.25) is 19.3 Å². The number of carbonyl (C=O) groups excluding carboxylic acids is 4. The summed E-state index contributed by atoms with van der Waals surface area (Å²) in [5, 5.41) is 11.1. The molecule has 2 atom stereocenters. The van der Waals surface area contributed by atoms with Gasteiger partial charge >= 0.3 is 6.03 Å². The van der Waals surface area contributed by atoms with E-state index in [4.69, 9.17) is 14.5 Å². The highest BCUT2D eigenvalue weighted by atomic mass is 16.5. The summed E-state index contributed by atoms with van der Waals surface area (Å²) in [6.07, 6.45) is 2.44. The third-order valence-electron chi connectivity index (χ3n) is 9.72. The predicted octanol–water partition coefficient (Wildman–Crippen LogP) is 5.41. The van der Waals surface area contributed by atoms with Crippen molar-refractivity contribution >= 4 is 40.8 Å². The zero-order valence-corrected chi connectivity index (χ0v) is 32.8. The molecule has 0 aliphatic carbocycles. The van der Waals surface area contributed by atoms with Gasteiger partial charge in [0.05, 0.1) is 17.9 Å². The summed E-state index contributed by atoms with van der Waals surface area (Å²) in [7, 11) is 1.64. The van der Waals surface area contributed by atoms with E-state index in [1.54, 1.807) is 31.3 Å². The van der Waals surface area contributed by atoms with E-state index < -0.39 is 18.1 Å². The average Bonchev–Trinajstić information content (AvgIpc) is 3.30. The van der Waals surface area contributed by atoms with E-state index in [0.717, 1.165) is 30.9 Å². The number of para-hydroxylation sites is 1. The van der Waals surface area contributed by atoms with Crippen molar-refractivity contribution in [3.8, 4) is 11.5 Å². The number of piperidine rings is 1. The quantitative estimate of drug-likeness (QED) is 0.126. The number of fused-ring (bicyclic) bond motifs is 1. The highest BCUT2D eigenvalue weighted by Crippen LogP contribution is 2.28. The van der Waals surface area contributed by atoms with Crippen LogP contribution in [-0.4, -0.2) is 86.5 Å². The molecule has 4 aromatic carbocycles. The molecular weight excluding hydrogens is 723 g/mol. The van der Waals surface area contributed by atoms with Gasteiger partial charge in [0.15, 0.2) is 6.61 Å². The minimum Gasteiger partial charge on any atom is -0.489 e. The number of aliphatic imine (C=N–C) groups is 1. The zero-order chi connectivity index (χ0) is 40.1. The molecule has 2 aliphatic heterocycles. The van der Waals surface area contributed by atoms with E-state index in [-0.39, 0.29) is 37.5 Å². The van der Waals surface area contributed by atoms with Crippen molar-refractivity contribution in [2.75, 3.05) is 50.1 Å². The van der Waals surface area contributed by atoms with E-state index in [2.05, 4.69) is 38.3 Å². The topological polar surface area (TPSA) is 154 Å². The predicted molar refractivity (Wildman–Crippen MR) is 221 cm³/mol. The number of benzene rings is 4. The van der Waals surface area contributed by atoms with Crippen LogP contribution in [0, 0.1) is 6.92 Å². The lowest BCUT2D eigenvalue weighted by Crippen LogP contribution is -2.47. The summed E-state index contributed by atoms with van der Waals surface area (Å²) >= 11 is 0. The number of likely N-dealkylation sites (N-methyl/N-ethyl adjacent to an activating group) is 1. The minimum absolute atomic E-state index is 0.101. The Bertz CT molecular complexity index is 2080. The van der Waals surface area contributed by atoms with Crippen LogP contribution >= 0.6 is 0 Å². The van der Waals surface area contributed by atoms with E-state index in [1.165, 1.54) is 29.7 Å². The Hall–Kier alpha value is -6.21. The fourth-order valence-electron chi connectivity index (χ4n) is 6.82. The molecule has 2 heterocycles. The van der Waals surface area contributed by atoms with Crippen molar-refractivity contribution in [3.05, 3.63) is 119 Å². The molecule has 57 heavy (non-hydrogen) atoms. The SMILES string of the molecule is Cc1cccc(NC(=O)NC2N=C(c3cccc(OCC(=O)NCCC(=O)NCC(C)Oc4cccc(CN5CCCCC5)c4)c3)c3ccccc3N(C)C2=O)c1. The van der Waals surface area contributed by atoms with Gasteiger partial charge in [0, 0.05) is 43.4 Å². The number of rotatable bonds is 15. The number of nitrogens with zero attached hydrogens (tertiary/aromatic N) is 3. The third kappa shape index (κ3) is 11.7. The van der Waals surface area contributed by atoms with Gasteiger partial charge < -0.3 is 35.6 Å². The first kappa shape index (κ1) is 40.5. The monoisotopic (exact) mass is 773 g/mol. The molecule has 6 rings (SSSR count). The van der Waals surface area contributed by atoms with Gasteiger partial charge in [-0.1, -0.05) is 61.0 Å². The molecule has 0 bridgehead atoms. The maximum absolute atomic E-state index is 13.6. The largest absolute Gasteiger partial charge is 0.489 e. The summed E-state index contributed by atoms with van der Waals surface area (Å²) in [6, 6.07) is 29.2. The fourth-order valence-corrected chi connectivity index (χ4v) is 6.82. The molecule has 0 saturated carbocycles. The van der Waals surface area contributed by atoms with E-state index >= 15 is 0 Å². The molecule has 0 spiro atoms. The second-order valence-corrected chi connectivity index (χ2v) is 14.4. The molecule has 2 unspecified atom stereocenters. The number of likely N-dealkylation sites (tertiary alicyclic amines) is 1. The lowest BCUT2D eigenvalue weighted by atomic mass is 10.00. The van der Waals surface area contributed by atoms with Gasteiger partial charge in [-0.05, 0) is 93.4 Å². The van der Waals surface area contributed by atoms with Gasteiger partial charge in [-0.15, -0.1) is 0 Å². The first-order valence-corrected chi connectivity index (χ1v) is 19.4. The molecule has 298 valence electrons. The van der Waals surface area contributed by atoms with E-state index in [1.807, 2.05) is 74.5 Å². The number of ether oxygens (including phenoxy) is 2. The summed E-state index contributed by atoms with van der Waals surface area (Å²) in [5.41, 5.74) is 5.16. The molecule has 1 fully saturated rings. The maximum Gasteiger partial charge on any atom is 0.321 e. The number of benzodiazepines with no additional fused rings is 1. The van der Waals surface area contributed by atoms with Crippen molar-refractivity contribution in [1.82, 2.24) is 20.9 Å². The maximum atomic E-state index is 13.6. The molecule has 0 aromatic heterocycles. The number of hydrogen-bond donors (Lipinski definition) is 4. The molecule has 13 heteroatoms. The smallest absolute Gasteiger partial charge is 0.321 e. The molecule has 1 saturated heterocycles. The third-order valence-corrected chi connectivity index (χ3v) is 9.72. The number of aryl methyl sites for hydroxylation is 1. The van der Waals surface area contributed by atoms with Crippen molar-refractivity contribution in [3.63, 3.8) is 0 Å². The Morgan fingerprint density at radius 3 is 2.46 bits per heavy atom. The minimum atomic E-state index is -1.23. The van der Waals surface area contributed by atoms with Crippen LogP contribution in [0.2, 0.25) is 0 Å². The Balaban J connectivity index is 0.984. The molecule has 4 N–H and O–H groups in total. The van der Waals surface area contributed by atoms with Crippen LogP contribution < -0.4 is 35.6 Å². The van der Waals surface area contributed by atoms with Gasteiger partial charge in [0.2, 0.25) is 12.1 Å². The summed E-state index contributed by atoms with van der Waals surface area (Å²) < 4.78 is 11.9. The van der Waals surface area contributed by atoms with Gasteiger partial charge in [-0.25, -0.2) is 9.79 Å². The molecular formula is C44H51N7O6. The fraction of sp³-hybridized carbons (Fsp3) is 0.341. The standard InChI is InChI=1S/C44H51N7O6/c1-30-12-9-15-34(24-30)47-44(55)49-42-43(54)50(3)38-19-6-5-18-37(38)41(48-42)33-14-11-16-35(26-33)56-29-40(53)45-21-20-39(52)46-27-31(2)57-36-17-10-13-32(25-36)28-51-22-7-4-8-23-51/h5-6,9-19,24-26,31,42H,4,7-8,20-23,27-29H2,1-3H3,(H,45,53)(H,46,52)(H2,47,49,55). The molecule has 2 aliphatic rings. The lowest BCUT2D eigenvalue weighted by molar-refractivity contribution is -0.124. The van der Waals surface area contributed by atoms with Crippen LogP contribution in [0.1, 0.15) is 54.9 Å². The Kier molecular flexibility index (Phi) is 13.9. The highest BCUT2D eigenvalue weighted by molar-refractivity contribution is 6.20. The van der Waals surface area contributed by atoms with E-state index in [0.29, 0.717) is 40.5 Å². The zero-order valence-electron chi connectivity index (χ0n) is 32.8. The molecule has 13 nitrogen and oxygen atoms in total. The summed E-state index contributed by atoms with van der Waals surface area (Å²) in [5.74, 6) is 0.173. The van der Waals surface area contributed by atoms with Crippen LogP contribution in [0.3, 0.4) is 0 Å². The first-order valence-electron chi connectivity index (χ1n) is 19.4. The molecule has 4 aromatic rings. The Labute approximate surface area is 333 Å². The van der Waals surface area contributed by atoms with Gasteiger partial charge in [0.1, 0.15) is 17.6 Å². The molecule has 5 amide bonds. The van der Waals surface area contributed by atoms with Crippen molar-refractivity contribution in [2.24, 2.45) is 4.99 Å². The number of hydrogen-bond acceptors (Lipinski definition) is 8. The molecule has 0 radical (unpaired) electrons. The first-order chi connectivity index (χ1) is 27.6. The Morgan fingerprint density at radius 2 is 1.63 bits per heavy atom. The van der Waals surface area contributed by atoms with Crippen molar-refractivity contribution < 1.29 is 28.7 Å². The lowest BCUT2D eigenvalue weighted by Gasteiger charge is -2.26. The number of anilines is 2. The summed E-state index contributed by atoms with van der Waals surface area (Å²) in [4.78, 5) is 60.5. The van der Waals surface area contributed by atoms with Crippen LogP contribution in [0.15, 0.2) is 102 Å². The van der Waals surface area contributed by atoms with Crippen LogP contribution in [-0.2, 0) is 20.9 Å². The number of urea groups is 1. The average molecular weight is 774 g/mol.